The van der Waals surface area contributed by atoms with Gasteiger partial charge in [0.15, 0.2) is 6.79 Å². The van der Waals surface area contributed by atoms with Crippen LogP contribution in [0.4, 0.5) is 0 Å². The Morgan fingerprint density at radius 2 is 1.76 bits per heavy atom. The molecule has 0 saturated heterocycles. The van der Waals surface area contributed by atoms with E-state index in [1.54, 1.807) is 27.2 Å². The van der Waals surface area contributed by atoms with Crippen molar-refractivity contribution >= 4 is 5.97 Å². The van der Waals surface area contributed by atoms with E-state index in [0.29, 0.717) is 25.2 Å². The monoisotopic (exact) mass is 404 g/mol. The molecule has 0 heterocycles. The first kappa shape index (κ1) is 24.6. The van der Waals surface area contributed by atoms with Crippen LogP contribution in [0.25, 0.3) is 0 Å². The third-order valence-electron chi connectivity index (χ3n) is 4.18. The van der Waals surface area contributed by atoms with Gasteiger partial charge >= 0.3 is 5.97 Å². The Morgan fingerprint density at radius 1 is 1.03 bits per heavy atom. The summed E-state index contributed by atoms with van der Waals surface area (Å²) in [5, 5.41) is 0. The zero-order valence-electron chi connectivity index (χ0n) is 18.0. The van der Waals surface area contributed by atoms with Crippen molar-refractivity contribution in [3.63, 3.8) is 0 Å². The molecule has 1 aromatic rings. The maximum Gasteiger partial charge on any atom is 0.335 e. The normalized spacial score (nSPS) is 13.6. The second kappa shape index (κ2) is 14.6. The molecule has 0 aliphatic carbocycles. The van der Waals surface area contributed by atoms with Gasteiger partial charge < -0.3 is 23.7 Å². The number of ether oxygens (including phenoxy) is 5. The number of benzene rings is 1. The Hall–Kier alpha value is -2.41. The fraction of sp³-hybridized carbons (Fsp3) is 0.435. The number of rotatable bonds is 13. The highest BCUT2D eigenvalue weighted by atomic mass is 16.7. The first-order valence-electron chi connectivity index (χ1n) is 9.41. The minimum absolute atomic E-state index is 0.0568. The molecule has 160 valence electrons. The Kier molecular flexibility index (Phi) is 12.4. The van der Waals surface area contributed by atoms with E-state index >= 15 is 0 Å². The topological polar surface area (TPSA) is 63.2 Å². The van der Waals surface area contributed by atoms with Gasteiger partial charge in [-0.1, -0.05) is 36.4 Å². The maximum atomic E-state index is 11.7. The van der Waals surface area contributed by atoms with E-state index in [9.17, 15) is 4.79 Å². The smallest absolute Gasteiger partial charge is 0.335 e. The second-order valence-electron chi connectivity index (χ2n) is 6.39. The molecular formula is C23H32O6. The lowest BCUT2D eigenvalue weighted by molar-refractivity contribution is -0.149. The van der Waals surface area contributed by atoms with Crippen molar-refractivity contribution in [2.75, 3.05) is 34.7 Å². The van der Waals surface area contributed by atoms with E-state index in [1.165, 1.54) is 7.11 Å². The molecule has 29 heavy (non-hydrogen) atoms. The molecule has 0 unspecified atom stereocenters. The lowest BCUT2D eigenvalue weighted by Gasteiger charge is -2.13. The summed E-state index contributed by atoms with van der Waals surface area (Å²) in [7, 11) is 4.78. The summed E-state index contributed by atoms with van der Waals surface area (Å²) in [5.41, 5.74) is 2.60. The molecular weight excluding hydrogens is 372 g/mol. The Morgan fingerprint density at radius 3 is 2.38 bits per heavy atom. The molecule has 1 aromatic carbocycles. The lowest BCUT2D eigenvalue weighted by atomic mass is 10.1. The highest BCUT2D eigenvalue weighted by Crippen LogP contribution is 2.13. The third-order valence-corrected chi connectivity index (χ3v) is 4.18. The predicted molar refractivity (Wildman–Crippen MR) is 113 cm³/mol. The van der Waals surface area contributed by atoms with Crippen LogP contribution in [0.2, 0.25) is 0 Å². The Labute approximate surface area is 173 Å². The average molecular weight is 405 g/mol. The van der Waals surface area contributed by atoms with Gasteiger partial charge in [0, 0.05) is 19.8 Å². The summed E-state index contributed by atoms with van der Waals surface area (Å²) in [6.07, 6.45) is 8.24. The van der Waals surface area contributed by atoms with Gasteiger partial charge in [-0.15, -0.1) is 0 Å². The van der Waals surface area contributed by atoms with Crippen LogP contribution in [0.3, 0.4) is 0 Å². The van der Waals surface area contributed by atoms with Crippen molar-refractivity contribution in [2.45, 2.75) is 33.0 Å². The molecule has 0 aromatic heterocycles. The minimum atomic E-state index is -0.404. The van der Waals surface area contributed by atoms with Crippen LogP contribution in [0, 0.1) is 0 Å². The third kappa shape index (κ3) is 10.1. The molecule has 6 heteroatoms. The van der Waals surface area contributed by atoms with Gasteiger partial charge in [0.1, 0.15) is 5.75 Å². The summed E-state index contributed by atoms with van der Waals surface area (Å²) in [6.45, 7) is 4.68. The molecule has 0 fully saturated rings. The van der Waals surface area contributed by atoms with Crippen LogP contribution in [0.1, 0.15) is 25.8 Å². The average Bonchev–Trinajstić information content (AvgIpc) is 2.75. The van der Waals surface area contributed by atoms with Gasteiger partial charge in [0.25, 0.3) is 0 Å². The molecule has 0 saturated carbocycles. The molecule has 1 atom stereocenters. The fourth-order valence-corrected chi connectivity index (χ4v) is 2.38. The van der Waals surface area contributed by atoms with Crippen LogP contribution in [0.15, 0.2) is 59.7 Å². The summed E-state index contributed by atoms with van der Waals surface area (Å²) in [6, 6.07) is 7.80. The van der Waals surface area contributed by atoms with E-state index in [4.69, 9.17) is 23.7 Å². The largest absolute Gasteiger partial charge is 0.497 e. The lowest BCUT2D eigenvalue weighted by Crippen LogP contribution is -2.11. The molecule has 0 spiro atoms. The number of carbonyl (C=O) groups is 1. The Balaban J connectivity index is 2.41. The molecule has 0 aliphatic rings. The summed E-state index contributed by atoms with van der Waals surface area (Å²) < 4.78 is 25.9. The van der Waals surface area contributed by atoms with E-state index < -0.39 is 5.97 Å². The van der Waals surface area contributed by atoms with Gasteiger partial charge in [-0.3, -0.25) is 0 Å². The number of hydrogen-bond acceptors (Lipinski definition) is 6. The van der Waals surface area contributed by atoms with E-state index in [2.05, 4.69) is 0 Å². The van der Waals surface area contributed by atoms with Gasteiger partial charge in [0.2, 0.25) is 0 Å². The van der Waals surface area contributed by atoms with Crippen molar-refractivity contribution in [1.82, 2.24) is 0 Å². The van der Waals surface area contributed by atoms with Crippen LogP contribution in [0.5, 0.6) is 5.75 Å². The molecule has 0 radical (unpaired) electrons. The van der Waals surface area contributed by atoms with Crippen molar-refractivity contribution < 1.29 is 28.5 Å². The Bertz CT molecular complexity index is 688. The van der Waals surface area contributed by atoms with Gasteiger partial charge in [-0.05, 0) is 43.5 Å². The second-order valence-corrected chi connectivity index (χ2v) is 6.39. The first-order chi connectivity index (χ1) is 14.0. The zero-order valence-corrected chi connectivity index (χ0v) is 18.0. The molecule has 0 N–H and O–H groups in total. The number of esters is 1. The molecule has 0 aliphatic heterocycles. The SMILES string of the molecule is COCOC(=O)/C(C)=C/C=C(/C)[C@@H](C/C=C\COCc1ccc(OC)cc1)OC. The number of methoxy groups -OCH3 is 3. The predicted octanol–water partition coefficient (Wildman–Crippen LogP) is 4.21. The highest BCUT2D eigenvalue weighted by molar-refractivity contribution is 5.88. The van der Waals surface area contributed by atoms with E-state index in [0.717, 1.165) is 16.9 Å². The van der Waals surface area contributed by atoms with Crippen molar-refractivity contribution in [2.24, 2.45) is 0 Å². The molecule has 0 amide bonds. The van der Waals surface area contributed by atoms with Crippen LogP contribution < -0.4 is 4.74 Å². The zero-order chi connectivity index (χ0) is 21.5. The first-order valence-corrected chi connectivity index (χ1v) is 9.41. The van der Waals surface area contributed by atoms with Gasteiger partial charge in [-0.2, -0.15) is 0 Å². The summed E-state index contributed by atoms with van der Waals surface area (Å²) in [4.78, 5) is 11.7. The summed E-state index contributed by atoms with van der Waals surface area (Å²) >= 11 is 0. The van der Waals surface area contributed by atoms with Crippen LogP contribution >= 0.6 is 0 Å². The van der Waals surface area contributed by atoms with Gasteiger partial charge in [0.05, 0.1) is 26.4 Å². The van der Waals surface area contributed by atoms with Crippen LogP contribution in [-0.2, 0) is 30.3 Å². The number of carbonyl (C=O) groups excluding carboxylic acids is 1. The molecule has 0 bridgehead atoms. The standard InChI is InChI=1S/C23H32O6/c1-18(9-10-19(2)23(24)29-17-25-3)22(27-5)8-6-7-15-28-16-20-11-13-21(26-4)14-12-20/h6-7,9-14,22H,8,15-17H2,1-5H3/b7-6-,18-9-,19-10+/t22-/m1/s1. The number of hydrogen-bond donors (Lipinski definition) is 0. The summed E-state index contributed by atoms with van der Waals surface area (Å²) in [5.74, 6) is 0.429. The van der Waals surface area contributed by atoms with E-state index in [-0.39, 0.29) is 12.9 Å². The fourth-order valence-electron chi connectivity index (χ4n) is 2.38. The molecule has 1 rings (SSSR count). The van der Waals surface area contributed by atoms with Crippen molar-refractivity contribution in [3.05, 3.63) is 65.3 Å². The van der Waals surface area contributed by atoms with E-state index in [1.807, 2.05) is 49.4 Å². The maximum absolute atomic E-state index is 11.7. The van der Waals surface area contributed by atoms with Crippen molar-refractivity contribution in [3.8, 4) is 5.75 Å². The number of allylic oxidation sites excluding steroid dienone is 2. The van der Waals surface area contributed by atoms with Gasteiger partial charge in [-0.25, -0.2) is 4.79 Å². The van der Waals surface area contributed by atoms with Crippen molar-refractivity contribution in [1.29, 1.82) is 0 Å². The minimum Gasteiger partial charge on any atom is -0.497 e. The quantitative estimate of drug-likeness (QED) is 0.123. The van der Waals surface area contributed by atoms with Crippen LogP contribution in [-0.4, -0.2) is 46.8 Å². The highest BCUT2D eigenvalue weighted by Gasteiger charge is 2.08. The molecule has 6 nitrogen and oxygen atoms in total.